The molecule has 1 aromatic carbocycles. The fourth-order valence-electron chi connectivity index (χ4n) is 3.80. The van der Waals surface area contributed by atoms with Crippen LogP contribution in [0.4, 0.5) is 0 Å². The molecule has 14 N–H and O–H groups in total. The van der Waals surface area contributed by atoms with Crippen LogP contribution in [0.1, 0.15) is 30.5 Å². The van der Waals surface area contributed by atoms with Gasteiger partial charge in [-0.25, -0.2) is 9.78 Å². The van der Waals surface area contributed by atoms with Crippen LogP contribution in [0.3, 0.4) is 0 Å². The first-order valence-corrected chi connectivity index (χ1v) is 12.8. The van der Waals surface area contributed by atoms with Crippen molar-refractivity contribution in [3.63, 3.8) is 0 Å². The summed E-state index contributed by atoms with van der Waals surface area (Å²) < 4.78 is 0. The number of hydrogen-bond acceptors (Lipinski definition) is 9. The number of carbonyl (C=O) groups is 5. The van der Waals surface area contributed by atoms with E-state index in [2.05, 4.69) is 30.9 Å². The minimum atomic E-state index is -1.64. The number of carbonyl (C=O) groups excluding carboxylic acids is 4. The van der Waals surface area contributed by atoms with E-state index in [0.717, 1.165) is 0 Å². The largest absolute Gasteiger partial charge is 0.508 e. The molecule has 0 bridgehead atoms. The summed E-state index contributed by atoms with van der Waals surface area (Å²) in [7, 11) is 0. The highest BCUT2D eigenvalue weighted by Gasteiger charge is 2.31. The van der Waals surface area contributed by atoms with E-state index in [-0.39, 0.29) is 43.9 Å². The lowest BCUT2D eigenvalue weighted by Crippen LogP contribution is -2.58. The van der Waals surface area contributed by atoms with Crippen LogP contribution in [0.5, 0.6) is 5.75 Å². The summed E-state index contributed by atoms with van der Waals surface area (Å²) in [5.74, 6) is -5.01. The summed E-state index contributed by atoms with van der Waals surface area (Å²) in [6.45, 7) is 0.0990. The number of amides is 4. The van der Waals surface area contributed by atoms with Crippen molar-refractivity contribution in [2.45, 2.75) is 56.3 Å². The Labute approximate surface area is 240 Å². The Hall–Kier alpha value is -5.19. The molecule has 0 spiro atoms. The molecule has 0 radical (unpaired) electrons. The first-order chi connectivity index (χ1) is 19.8. The number of carboxylic acid groups (broad SMARTS) is 1. The summed E-state index contributed by atoms with van der Waals surface area (Å²) in [5, 5.41) is 26.3. The number of phenolic OH excluding ortho intramolecular Hbond substituents is 1. The van der Waals surface area contributed by atoms with Crippen LogP contribution in [-0.4, -0.2) is 86.5 Å². The number of nitrogens with one attached hydrogen (secondary N) is 4. The molecule has 1 aromatic heterocycles. The number of guanidine groups is 1. The number of aliphatic imine (C=N–C) groups is 1. The minimum Gasteiger partial charge on any atom is -0.508 e. The number of phenols is 1. The van der Waals surface area contributed by atoms with Crippen molar-refractivity contribution in [1.29, 1.82) is 0 Å². The highest BCUT2D eigenvalue weighted by Crippen LogP contribution is 2.12. The molecule has 42 heavy (non-hydrogen) atoms. The lowest BCUT2D eigenvalue weighted by atomic mass is 10.0. The van der Waals surface area contributed by atoms with Crippen LogP contribution < -0.4 is 38.9 Å². The average Bonchev–Trinajstić information content (AvgIpc) is 3.43. The third-order valence-corrected chi connectivity index (χ3v) is 5.94. The molecule has 4 amide bonds. The standard InChI is InChI=1S/C25H36N10O7/c26-16(9-14-11-30-12-32-14)21(38)34-18(8-13-3-5-15(36)6-4-13)23(40)33-17(2-1-7-31-25(28)29)22(39)35-19(24(41)42)10-20(27)37/h3-6,11-12,16-19,36H,1-2,7-10,26H2,(H2,27,37)(H,30,32)(H,33,40)(H,34,38)(H,35,39)(H,41,42)(H4,28,29,31). The number of nitrogens with two attached hydrogens (primary N) is 4. The Morgan fingerprint density at radius 3 is 2.10 bits per heavy atom. The lowest BCUT2D eigenvalue weighted by Gasteiger charge is -2.25. The van der Waals surface area contributed by atoms with Gasteiger partial charge in [0, 0.05) is 31.3 Å². The third kappa shape index (κ3) is 11.5. The Balaban J connectivity index is 2.26. The molecule has 17 nitrogen and oxygen atoms in total. The summed E-state index contributed by atoms with van der Waals surface area (Å²) in [6.07, 6.45) is 2.48. The third-order valence-electron chi connectivity index (χ3n) is 5.94. The molecular formula is C25H36N10O7. The molecule has 0 aliphatic rings. The number of aromatic nitrogens is 2. The molecule has 4 unspecified atom stereocenters. The molecule has 1 heterocycles. The highest BCUT2D eigenvalue weighted by atomic mass is 16.4. The number of primary amides is 1. The van der Waals surface area contributed by atoms with E-state index >= 15 is 0 Å². The van der Waals surface area contributed by atoms with Gasteiger partial charge in [-0.05, 0) is 30.5 Å². The van der Waals surface area contributed by atoms with Gasteiger partial charge in [0.05, 0.1) is 18.8 Å². The lowest BCUT2D eigenvalue weighted by molar-refractivity contribution is -0.143. The molecule has 228 valence electrons. The van der Waals surface area contributed by atoms with Crippen molar-refractivity contribution in [2.75, 3.05) is 6.54 Å². The van der Waals surface area contributed by atoms with Gasteiger partial charge in [0.25, 0.3) is 0 Å². The maximum Gasteiger partial charge on any atom is 0.326 e. The van der Waals surface area contributed by atoms with E-state index in [1.165, 1.54) is 24.7 Å². The summed E-state index contributed by atoms with van der Waals surface area (Å²) in [5.41, 5.74) is 22.9. The fourth-order valence-corrected chi connectivity index (χ4v) is 3.80. The zero-order chi connectivity index (χ0) is 31.2. The van der Waals surface area contributed by atoms with Crippen molar-refractivity contribution in [2.24, 2.45) is 27.9 Å². The Morgan fingerprint density at radius 2 is 1.52 bits per heavy atom. The van der Waals surface area contributed by atoms with Crippen LogP contribution in [0, 0.1) is 0 Å². The van der Waals surface area contributed by atoms with Crippen LogP contribution >= 0.6 is 0 Å². The second kappa shape index (κ2) is 16.2. The number of carboxylic acids is 1. The Kier molecular flexibility index (Phi) is 12.7. The van der Waals surface area contributed by atoms with Gasteiger partial charge in [-0.15, -0.1) is 0 Å². The number of nitrogens with zero attached hydrogens (tertiary/aromatic N) is 2. The number of aliphatic carboxylic acids is 1. The molecule has 0 aliphatic heterocycles. The number of H-pyrrole nitrogens is 1. The van der Waals surface area contributed by atoms with E-state index < -0.39 is 60.2 Å². The van der Waals surface area contributed by atoms with E-state index in [9.17, 15) is 34.2 Å². The molecule has 2 rings (SSSR count). The van der Waals surface area contributed by atoms with Crippen LogP contribution in [0.25, 0.3) is 0 Å². The Morgan fingerprint density at radius 1 is 0.905 bits per heavy atom. The molecular weight excluding hydrogens is 552 g/mol. The SMILES string of the molecule is NC(=O)CC(NC(=O)C(CCCN=C(N)N)NC(=O)C(Cc1ccc(O)cc1)NC(=O)C(N)Cc1cnc[nH]1)C(=O)O. The molecule has 0 fully saturated rings. The van der Waals surface area contributed by atoms with Gasteiger partial charge in [-0.2, -0.15) is 0 Å². The topological polar surface area (TPSA) is 307 Å². The average molecular weight is 589 g/mol. The first kappa shape index (κ1) is 33.0. The number of rotatable bonds is 17. The maximum atomic E-state index is 13.5. The van der Waals surface area contributed by atoms with Gasteiger partial charge in [0.15, 0.2) is 5.96 Å². The van der Waals surface area contributed by atoms with Crippen molar-refractivity contribution in [3.8, 4) is 5.75 Å². The van der Waals surface area contributed by atoms with E-state index in [0.29, 0.717) is 11.3 Å². The van der Waals surface area contributed by atoms with Gasteiger partial charge >= 0.3 is 5.97 Å². The normalized spacial score (nSPS) is 13.5. The van der Waals surface area contributed by atoms with Crippen molar-refractivity contribution in [3.05, 3.63) is 48.0 Å². The summed E-state index contributed by atoms with van der Waals surface area (Å²) in [4.78, 5) is 72.8. The van der Waals surface area contributed by atoms with Gasteiger partial charge in [-0.1, -0.05) is 12.1 Å². The van der Waals surface area contributed by atoms with E-state index in [1.807, 2.05) is 0 Å². The number of aromatic hydroxyl groups is 1. The smallest absolute Gasteiger partial charge is 0.326 e. The molecule has 0 saturated carbocycles. The predicted molar refractivity (Wildman–Crippen MR) is 149 cm³/mol. The molecule has 2 aromatic rings. The quantitative estimate of drug-likeness (QED) is 0.0495. The van der Waals surface area contributed by atoms with Gasteiger partial charge in [0.1, 0.15) is 23.9 Å². The minimum absolute atomic E-state index is 0.00757. The van der Waals surface area contributed by atoms with Crippen molar-refractivity contribution < 1.29 is 34.2 Å². The molecule has 0 saturated heterocycles. The van der Waals surface area contributed by atoms with Crippen molar-refractivity contribution >= 4 is 35.6 Å². The monoisotopic (exact) mass is 588 g/mol. The van der Waals surface area contributed by atoms with E-state index in [1.54, 1.807) is 12.1 Å². The Bertz CT molecular complexity index is 1250. The molecule has 0 aliphatic carbocycles. The van der Waals surface area contributed by atoms with Crippen LogP contribution in [0.15, 0.2) is 41.8 Å². The number of benzene rings is 1. The van der Waals surface area contributed by atoms with Crippen LogP contribution in [-0.2, 0) is 36.8 Å². The van der Waals surface area contributed by atoms with Gasteiger partial charge < -0.3 is 54.1 Å². The zero-order valence-electron chi connectivity index (χ0n) is 22.7. The molecule has 4 atom stereocenters. The van der Waals surface area contributed by atoms with Crippen LogP contribution in [0.2, 0.25) is 0 Å². The van der Waals surface area contributed by atoms with Gasteiger partial charge in [-0.3, -0.25) is 24.2 Å². The second-order valence-corrected chi connectivity index (χ2v) is 9.40. The predicted octanol–water partition coefficient (Wildman–Crippen LogP) is -3.30. The second-order valence-electron chi connectivity index (χ2n) is 9.40. The maximum absolute atomic E-state index is 13.5. The first-order valence-electron chi connectivity index (χ1n) is 12.8. The molecule has 17 heteroatoms. The number of imidazole rings is 1. The van der Waals surface area contributed by atoms with Crippen molar-refractivity contribution in [1.82, 2.24) is 25.9 Å². The highest BCUT2D eigenvalue weighted by molar-refractivity contribution is 5.95. The van der Waals surface area contributed by atoms with E-state index in [4.69, 9.17) is 22.9 Å². The number of hydrogen-bond donors (Lipinski definition) is 10. The van der Waals surface area contributed by atoms with Gasteiger partial charge in [0.2, 0.25) is 23.6 Å². The fraction of sp³-hybridized carbons (Fsp3) is 0.400. The summed E-state index contributed by atoms with van der Waals surface area (Å²) >= 11 is 0. The zero-order valence-corrected chi connectivity index (χ0v) is 22.7. The summed E-state index contributed by atoms with van der Waals surface area (Å²) in [6, 6.07) is 0.675. The number of aromatic amines is 1.